The summed E-state index contributed by atoms with van der Waals surface area (Å²) < 4.78 is 4.99. The Bertz CT molecular complexity index is 186. The summed E-state index contributed by atoms with van der Waals surface area (Å²) in [4.78, 5) is 11.5. The van der Waals surface area contributed by atoms with Crippen LogP contribution in [-0.4, -0.2) is 31.2 Å². The van der Waals surface area contributed by atoms with Gasteiger partial charge in [0.25, 0.3) is 0 Å². The van der Waals surface area contributed by atoms with E-state index in [1.165, 1.54) is 0 Å². The Hall–Kier alpha value is -0.320. The fourth-order valence-electron chi connectivity index (χ4n) is 1.27. The molecule has 0 spiro atoms. The summed E-state index contributed by atoms with van der Waals surface area (Å²) in [6, 6.07) is -0.406. The minimum absolute atomic E-state index is 0. The second kappa shape index (κ2) is 7.91. The highest BCUT2D eigenvalue weighted by atomic mass is 35.5. The van der Waals surface area contributed by atoms with E-state index in [4.69, 9.17) is 10.5 Å². The van der Waals surface area contributed by atoms with E-state index in [-0.39, 0.29) is 23.9 Å². The lowest BCUT2D eigenvalue weighted by Gasteiger charge is -2.26. The van der Waals surface area contributed by atoms with E-state index in [0.717, 1.165) is 12.8 Å². The third-order valence-corrected chi connectivity index (χ3v) is 1.90. The SMILES string of the molecule is CCCC(N)C(=O)NC(C)(C)COC.Cl. The Morgan fingerprint density at radius 2 is 2.07 bits per heavy atom. The number of rotatable bonds is 6. The molecule has 0 saturated carbocycles. The van der Waals surface area contributed by atoms with Crippen LogP contribution in [0, 0.1) is 0 Å². The molecule has 1 atom stereocenters. The van der Waals surface area contributed by atoms with Crippen molar-refractivity contribution in [2.24, 2.45) is 5.73 Å². The third kappa shape index (κ3) is 7.59. The Kier molecular flexibility index (Phi) is 9.01. The number of nitrogens with one attached hydrogen (secondary N) is 1. The van der Waals surface area contributed by atoms with E-state index in [0.29, 0.717) is 6.61 Å². The molecule has 0 aliphatic heterocycles. The van der Waals surface area contributed by atoms with Gasteiger partial charge in [0.1, 0.15) is 0 Å². The van der Waals surface area contributed by atoms with Crippen molar-refractivity contribution in [3.63, 3.8) is 0 Å². The molecular weight excluding hydrogens is 216 g/mol. The van der Waals surface area contributed by atoms with Gasteiger partial charge in [-0.2, -0.15) is 0 Å². The molecule has 1 amide bonds. The molecule has 0 heterocycles. The van der Waals surface area contributed by atoms with Crippen LogP contribution in [0.5, 0.6) is 0 Å². The van der Waals surface area contributed by atoms with E-state index in [1.54, 1.807) is 7.11 Å². The molecule has 92 valence electrons. The molecule has 5 heteroatoms. The second-order valence-electron chi connectivity index (χ2n) is 4.20. The summed E-state index contributed by atoms with van der Waals surface area (Å²) in [6.07, 6.45) is 1.63. The second-order valence-corrected chi connectivity index (χ2v) is 4.20. The van der Waals surface area contributed by atoms with Crippen LogP contribution in [0.4, 0.5) is 0 Å². The molecule has 3 N–H and O–H groups in total. The van der Waals surface area contributed by atoms with Crippen LogP contribution in [0.25, 0.3) is 0 Å². The number of ether oxygens (including phenoxy) is 1. The molecule has 15 heavy (non-hydrogen) atoms. The molecule has 0 fully saturated rings. The minimum Gasteiger partial charge on any atom is -0.382 e. The highest BCUT2D eigenvalue weighted by Crippen LogP contribution is 2.03. The van der Waals surface area contributed by atoms with Crippen molar-refractivity contribution in [3.05, 3.63) is 0 Å². The number of hydrogen-bond acceptors (Lipinski definition) is 3. The fraction of sp³-hybridized carbons (Fsp3) is 0.900. The maximum atomic E-state index is 11.5. The van der Waals surface area contributed by atoms with E-state index in [9.17, 15) is 4.79 Å². The normalized spacial score (nSPS) is 12.9. The Labute approximate surface area is 98.3 Å². The zero-order chi connectivity index (χ0) is 11.2. The van der Waals surface area contributed by atoms with Crippen molar-refractivity contribution in [2.45, 2.75) is 45.2 Å². The summed E-state index contributed by atoms with van der Waals surface area (Å²) >= 11 is 0. The van der Waals surface area contributed by atoms with Crippen LogP contribution in [0.3, 0.4) is 0 Å². The predicted molar refractivity (Wildman–Crippen MR) is 64.2 cm³/mol. The molecular formula is C10H23ClN2O2. The molecule has 4 nitrogen and oxygen atoms in total. The maximum Gasteiger partial charge on any atom is 0.237 e. The van der Waals surface area contributed by atoms with Gasteiger partial charge in [-0.25, -0.2) is 0 Å². The van der Waals surface area contributed by atoms with Crippen molar-refractivity contribution in [1.82, 2.24) is 5.32 Å². The van der Waals surface area contributed by atoms with Gasteiger partial charge < -0.3 is 15.8 Å². The van der Waals surface area contributed by atoms with Crippen LogP contribution in [-0.2, 0) is 9.53 Å². The number of halogens is 1. The van der Waals surface area contributed by atoms with Gasteiger partial charge in [-0.1, -0.05) is 13.3 Å². The zero-order valence-corrected chi connectivity index (χ0v) is 10.8. The standard InChI is InChI=1S/C10H22N2O2.ClH/c1-5-6-8(11)9(13)12-10(2,3)7-14-4;/h8H,5-7,11H2,1-4H3,(H,12,13);1H. The first kappa shape index (κ1) is 17.1. The van der Waals surface area contributed by atoms with Crippen molar-refractivity contribution in [2.75, 3.05) is 13.7 Å². The Balaban J connectivity index is 0. The molecule has 1 unspecified atom stereocenters. The van der Waals surface area contributed by atoms with E-state index in [2.05, 4.69) is 5.32 Å². The summed E-state index contributed by atoms with van der Waals surface area (Å²) in [5.74, 6) is -0.103. The number of carbonyl (C=O) groups is 1. The molecule has 0 aliphatic rings. The first-order chi connectivity index (χ1) is 6.43. The lowest BCUT2D eigenvalue weighted by molar-refractivity contribution is -0.124. The van der Waals surface area contributed by atoms with Crippen molar-refractivity contribution < 1.29 is 9.53 Å². The Morgan fingerprint density at radius 3 is 2.47 bits per heavy atom. The number of methoxy groups -OCH3 is 1. The molecule has 0 aromatic rings. The number of hydrogen-bond donors (Lipinski definition) is 2. The average Bonchev–Trinajstić information content (AvgIpc) is 2.03. The van der Waals surface area contributed by atoms with E-state index < -0.39 is 6.04 Å². The van der Waals surface area contributed by atoms with Gasteiger partial charge in [0.15, 0.2) is 0 Å². The van der Waals surface area contributed by atoms with Crippen molar-refractivity contribution in [1.29, 1.82) is 0 Å². The lowest BCUT2D eigenvalue weighted by atomic mass is 10.1. The average molecular weight is 239 g/mol. The van der Waals surface area contributed by atoms with Gasteiger partial charge in [0, 0.05) is 7.11 Å². The van der Waals surface area contributed by atoms with Gasteiger partial charge >= 0.3 is 0 Å². The highest BCUT2D eigenvalue weighted by Gasteiger charge is 2.23. The molecule has 0 rings (SSSR count). The monoisotopic (exact) mass is 238 g/mol. The van der Waals surface area contributed by atoms with Gasteiger partial charge in [-0.05, 0) is 20.3 Å². The molecule has 0 bridgehead atoms. The summed E-state index contributed by atoms with van der Waals surface area (Å²) in [5.41, 5.74) is 5.33. The first-order valence-electron chi connectivity index (χ1n) is 4.99. The van der Waals surface area contributed by atoms with Gasteiger partial charge in [-0.15, -0.1) is 12.4 Å². The van der Waals surface area contributed by atoms with Crippen molar-refractivity contribution >= 4 is 18.3 Å². The maximum absolute atomic E-state index is 11.5. The number of amides is 1. The Morgan fingerprint density at radius 1 is 1.53 bits per heavy atom. The summed E-state index contributed by atoms with van der Waals surface area (Å²) in [5, 5.41) is 2.85. The van der Waals surface area contributed by atoms with Crippen molar-refractivity contribution in [3.8, 4) is 0 Å². The minimum atomic E-state index is -0.406. The fourth-order valence-corrected chi connectivity index (χ4v) is 1.27. The molecule has 0 aromatic heterocycles. The predicted octanol–water partition coefficient (Wildman–Crippen LogP) is 1.08. The number of nitrogens with two attached hydrogens (primary N) is 1. The van der Waals surface area contributed by atoms with Gasteiger partial charge in [0.2, 0.25) is 5.91 Å². The summed E-state index contributed by atoms with van der Waals surface area (Å²) in [6.45, 7) is 6.31. The van der Waals surface area contributed by atoms with Crippen LogP contribution >= 0.6 is 12.4 Å². The largest absolute Gasteiger partial charge is 0.382 e. The van der Waals surface area contributed by atoms with E-state index >= 15 is 0 Å². The molecule has 0 aliphatic carbocycles. The molecule has 0 saturated heterocycles. The van der Waals surface area contributed by atoms with Gasteiger partial charge in [-0.3, -0.25) is 4.79 Å². The van der Waals surface area contributed by atoms with Gasteiger partial charge in [0.05, 0.1) is 18.2 Å². The smallest absolute Gasteiger partial charge is 0.237 e. The van der Waals surface area contributed by atoms with Crippen LogP contribution in [0.15, 0.2) is 0 Å². The zero-order valence-electron chi connectivity index (χ0n) is 10.0. The van der Waals surface area contributed by atoms with E-state index in [1.807, 2.05) is 20.8 Å². The number of carbonyl (C=O) groups excluding carboxylic acids is 1. The van der Waals surface area contributed by atoms with Crippen LogP contribution in [0.1, 0.15) is 33.6 Å². The van der Waals surface area contributed by atoms with Crippen LogP contribution in [0.2, 0.25) is 0 Å². The first-order valence-corrected chi connectivity index (χ1v) is 4.99. The molecule has 0 radical (unpaired) electrons. The lowest BCUT2D eigenvalue weighted by Crippen LogP contribution is -2.52. The quantitative estimate of drug-likeness (QED) is 0.728. The highest BCUT2D eigenvalue weighted by molar-refractivity contribution is 5.85. The molecule has 0 aromatic carbocycles. The summed E-state index contributed by atoms with van der Waals surface area (Å²) in [7, 11) is 1.61. The topological polar surface area (TPSA) is 64.4 Å². The van der Waals surface area contributed by atoms with Crippen LogP contribution < -0.4 is 11.1 Å². The third-order valence-electron chi connectivity index (χ3n) is 1.90.